The second kappa shape index (κ2) is 4.33. The zero-order valence-corrected chi connectivity index (χ0v) is 9.04. The highest BCUT2D eigenvalue weighted by Gasteiger charge is 2.45. The quantitative estimate of drug-likeness (QED) is 0.378. The van der Waals surface area contributed by atoms with E-state index in [2.05, 4.69) is 0 Å². The molecule has 1 aliphatic carbocycles. The van der Waals surface area contributed by atoms with Gasteiger partial charge in [0.05, 0.1) is 0 Å². The summed E-state index contributed by atoms with van der Waals surface area (Å²) in [6.07, 6.45) is 9.26. The van der Waals surface area contributed by atoms with Crippen LogP contribution in [0.1, 0.15) is 51.4 Å². The number of hydrogen-bond donors (Lipinski definition) is 0. The highest BCUT2D eigenvalue weighted by Crippen LogP contribution is 2.40. The molecule has 1 aliphatic heterocycles. The van der Waals surface area contributed by atoms with Gasteiger partial charge in [-0.05, 0) is 25.7 Å². The lowest BCUT2D eigenvalue weighted by atomic mass is 9.83. The standard InChI is InChI=1S/C12H18O3/c13-9-10-8-12(15-11(10)14)6-4-2-1-3-5-7-12/h9-10H,1-8H2. The molecule has 0 aromatic carbocycles. The number of carbonyl (C=O) groups is 2. The van der Waals surface area contributed by atoms with Gasteiger partial charge in [0, 0.05) is 6.42 Å². The molecule has 3 nitrogen and oxygen atoms in total. The summed E-state index contributed by atoms with van der Waals surface area (Å²) in [7, 11) is 0. The number of hydrogen-bond acceptors (Lipinski definition) is 3. The van der Waals surface area contributed by atoms with Crippen LogP contribution in [-0.4, -0.2) is 17.9 Å². The van der Waals surface area contributed by atoms with Crippen molar-refractivity contribution in [3.8, 4) is 0 Å². The fourth-order valence-corrected chi connectivity index (χ4v) is 2.77. The van der Waals surface area contributed by atoms with E-state index in [-0.39, 0.29) is 11.6 Å². The molecule has 2 aliphatic rings. The Morgan fingerprint density at radius 2 is 1.73 bits per heavy atom. The second-order valence-electron chi connectivity index (χ2n) is 4.82. The van der Waals surface area contributed by atoms with Crippen molar-refractivity contribution in [2.24, 2.45) is 5.92 Å². The molecule has 1 spiro atoms. The minimum atomic E-state index is -0.496. The molecule has 1 atom stereocenters. The summed E-state index contributed by atoms with van der Waals surface area (Å²) in [6, 6.07) is 0. The number of esters is 1. The molecule has 2 fully saturated rings. The van der Waals surface area contributed by atoms with Crippen molar-refractivity contribution in [2.45, 2.75) is 57.0 Å². The van der Waals surface area contributed by atoms with Crippen LogP contribution in [0.5, 0.6) is 0 Å². The van der Waals surface area contributed by atoms with Crippen molar-refractivity contribution in [3.63, 3.8) is 0 Å². The lowest BCUT2D eigenvalue weighted by Crippen LogP contribution is -2.29. The third-order valence-corrected chi connectivity index (χ3v) is 3.64. The van der Waals surface area contributed by atoms with Crippen LogP contribution in [-0.2, 0) is 14.3 Å². The van der Waals surface area contributed by atoms with E-state index in [0.29, 0.717) is 6.42 Å². The van der Waals surface area contributed by atoms with Gasteiger partial charge in [0.2, 0.25) is 0 Å². The average molecular weight is 210 g/mol. The van der Waals surface area contributed by atoms with E-state index in [0.717, 1.165) is 32.0 Å². The fraction of sp³-hybridized carbons (Fsp3) is 0.833. The highest BCUT2D eigenvalue weighted by molar-refractivity contribution is 5.89. The molecule has 84 valence electrons. The summed E-state index contributed by atoms with van der Waals surface area (Å²) in [5.74, 6) is -0.796. The van der Waals surface area contributed by atoms with Gasteiger partial charge in [0.25, 0.3) is 0 Å². The Bertz CT molecular complexity index is 252. The predicted molar refractivity (Wildman–Crippen MR) is 55.3 cm³/mol. The first kappa shape index (κ1) is 10.7. The highest BCUT2D eigenvalue weighted by atomic mass is 16.6. The van der Waals surface area contributed by atoms with Crippen molar-refractivity contribution in [3.05, 3.63) is 0 Å². The van der Waals surface area contributed by atoms with Gasteiger partial charge in [-0.15, -0.1) is 0 Å². The first-order chi connectivity index (χ1) is 7.26. The molecular formula is C12H18O3. The van der Waals surface area contributed by atoms with E-state index in [4.69, 9.17) is 4.74 Å². The Balaban J connectivity index is 2.05. The molecule has 1 heterocycles. The topological polar surface area (TPSA) is 43.4 Å². The predicted octanol–water partition coefficient (Wildman–Crippen LogP) is 2.23. The van der Waals surface area contributed by atoms with Gasteiger partial charge in [-0.2, -0.15) is 0 Å². The van der Waals surface area contributed by atoms with Crippen molar-refractivity contribution in [2.75, 3.05) is 0 Å². The molecule has 2 rings (SSSR count). The van der Waals surface area contributed by atoms with Crippen molar-refractivity contribution in [1.82, 2.24) is 0 Å². The normalized spacial score (nSPS) is 30.7. The first-order valence-electron chi connectivity index (χ1n) is 5.94. The molecule has 1 unspecified atom stereocenters. The Morgan fingerprint density at radius 3 is 2.27 bits per heavy atom. The maximum Gasteiger partial charge on any atom is 0.316 e. The van der Waals surface area contributed by atoms with Crippen LogP contribution >= 0.6 is 0 Å². The minimum Gasteiger partial charge on any atom is -0.458 e. The molecule has 0 bridgehead atoms. The summed E-state index contributed by atoms with van der Waals surface area (Å²) in [5, 5.41) is 0. The van der Waals surface area contributed by atoms with Crippen molar-refractivity contribution >= 4 is 12.3 Å². The van der Waals surface area contributed by atoms with Gasteiger partial charge in [0.1, 0.15) is 17.8 Å². The van der Waals surface area contributed by atoms with E-state index in [9.17, 15) is 9.59 Å². The van der Waals surface area contributed by atoms with E-state index in [1.165, 1.54) is 19.3 Å². The minimum absolute atomic E-state index is 0.289. The molecule has 0 N–H and O–H groups in total. The summed E-state index contributed by atoms with van der Waals surface area (Å²) in [6.45, 7) is 0. The third kappa shape index (κ3) is 2.21. The van der Waals surface area contributed by atoms with Crippen LogP contribution in [0.2, 0.25) is 0 Å². The van der Waals surface area contributed by atoms with Crippen LogP contribution in [0.4, 0.5) is 0 Å². The number of ether oxygens (including phenoxy) is 1. The molecule has 15 heavy (non-hydrogen) atoms. The van der Waals surface area contributed by atoms with Crippen LogP contribution in [0, 0.1) is 5.92 Å². The van der Waals surface area contributed by atoms with Gasteiger partial charge in [0.15, 0.2) is 0 Å². The Labute approximate surface area is 90.2 Å². The largest absolute Gasteiger partial charge is 0.458 e. The second-order valence-corrected chi connectivity index (χ2v) is 4.82. The number of carbonyl (C=O) groups excluding carboxylic acids is 2. The summed E-state index contributed by atoms with van der Waals surface area (Å²) < 4.78 is 5.46. The summed E-state index contributed by atoms with van der Waals surface area (Å²) >= 11 is 0. The van der Waals surface area contributed by atoms with Crippen molar-refractivity contribution in [1.29, 1.82) is 0 Å². The zero-order chi connectivity index (χ0) is 10.7. The van der Waals surface area contributed by atoms with Gasteiger partial charge in [-0.1, -0.05) is 19.3 Å². The Kier molecular flexibility index (Phi) is 3.08. The third-order valence-electron chi connectivity index (χ3n) is 3.64. The lowest BCUT2D eigenvalue weighted by Gasteiger charge is -2.29. The SMILES string of the molecule is O=CC1CC2(CCCCCCC2)OC1=O. The van der Waals surface area contributed by atoms with Gasteiger partial charge in [-0.3, -0.25) is 4.79 Å². The molecule has 0 aromatic heterocycles. The summed E-state index contributed by atoms with van der Waals surface area (Å²) in [5.41, 5.74) is -0.289. The van der Waals surface area contributed by atoms with Gasteiger partial charge < -0.3 is 9.53 Å². The van der Waals surface area contributed by atoms with Crippen LogP contribution < -0.4 is 0 Å². The molecule has 1 saturated carbocycles. The van der Waals surface area contributed by atoms with E-state index >= 15 is 0 Å². The molecular weight excluding hydrogens is 192 g/mol. The van der Waals surface area contributed by atoms with Gasteiger partial charge in [-0.25, -0.2) is 0 Å². The number of rotatable bonds is 1. The monoisotopic (exact) mass is 210 g/mol. The summed E-state index contributed by atoms with van der Waals surface area (Å²) in [4.78, 5) is 22.1. The fourth-order valence-electron chi connectivity index (χ4n) is 2.77. The van der Waals surface area contributed by atoms with Crippen LogP contribution in [0.3, 0.4) is 0 Å². The first-order valence-corrected chi connectivity index (χ1v) is 5.94. The molecule has 0 amide bonds. The smallest absolute Gasteiger partial charge is 0.316 e. The van der Waals surface area contributed by atoms with Gasteiger partial charge >= 0.3 is 5.97 Å². The zero-order valence-electron chi connectivity index (χ0n) is 9.04. The lowest BCUT2D eigenvalue weighted by molar-refractivity contribution is -0.152. The van der Waals surface area contributed by atoms with E-state index in [1.807, 2.05) is 0 Å². The maximum absolute atomic E-state index is 11.4. The molecule has 1 saturated heterocycles. The van der Waals surface area contributed by atoms with E-state index < -0.39 is 5.92 Å². The molecule has 0 aromatic rings. The van der Waals surface area contributed by atoms with Crippen molar-refractivity contribution < 1.29 is 14.3 Å². The Hall–Kier alpha value is -0.860. The number of aldehydes is 1. The van der Waals surface area contributed by atoms with Crippen LogP contribution in [0.25, 0.3) is 0 Å². The molecule has 3 heteroatoms. The van der Waals surface area contributed by atoms with E-state index in [1.54, 1.807) is 0 Å². The maximum atomic E-state index is 11.4. The van der Waals surface area contributed by atoms with Crippen LogP contribution in [0.15, 0.2) is 0 Å². The molecule has 0 radical (unpaired) electrons. The Morgan fingerprint density at radius 1 is 1.13 bits per heavy atom. The average Bonchev–Trinajstić information content (AvgIpc) is 2.51.